The first-order valence-electron chi connectivity index (χ1n) is 8.37. The number of halogens is 1. The van der Waals surface area contributed by atoms with Crippen molar-refractivity contribution >= 4 is 22.0 Å². The van der Waals surface area contributed by atoms with Gasteiger partial charge in [0.15, 0.2) is 0 Å². The van der Waals surface area contributed by atoms with Crippen molar-refractivity contribution in [2.75, 3.05) is 13.1 Å². The zero-order chi connectivity index (χ0) is 16.9. The lowest BCUT2D eigenvalue weighted by atomic mass is 9.94. The van der Waals surface area contributed by atoms with Gasteiger partial charge in [0, 0.05) is 13.1 Å². The lowest BCUT2D eigenvalue weighted by Crippen LogP contribution is -2.41. The summed E-state index contributed by atoms with van der Waals surface area (Å²) in [6, 6.07) is 0. The van der Waals surface area contributed by atoms with E-state index < -0.39 is 6.09 Å². The minimum absolute atomic E-state index is 0.161. The van der Waals surface area contributed by atoms with Gasteiger partial charge in [-0.05, 0) is 54.5 Å². The van der Waals surface area contributed by atoms with Crippen LogP contribution in [-0.4, -0.2) is 57.5 Å². The Morgan fingerprint density at radius 2 is 1.67 bits per heavy atom. The third-order valence-corrected chi connectivity index (χ3v) is 5.01. The Labute approximate surface area is 149 Å². The molecule has 132 valence electrons. The molecule has 8 heteroatoms. The molecule has 0 bridgehead atoms. The first-order valence-corrected chi connectivity index (χ1v) is 9.17. The van der Waals surface area contributed by atoms with Crippen molar-refractivity contribution in [2.45, 2.75) is 56.8 Å². The van der Waals surface area contributed by atoms with Crippen molar-refractivity contribution in [1.29, 1.82) is 0 Å². The molecule has 1 aliphatic carbocycles. The molecule has 1 aliphatic heterocycles. The smallest absolute Gasteiger partial charge is 0.407 e. The molecule has 1 amide bonds. The number of likely N-dealkylation sites (tertiary alicyclic amines) is 1. The number of hydrogen-bond donors (Lipinski definition) is 1. The Morgan fingerprint density at radius 3 is 2.25 bits per heavy atom. The lowest BCUT2D eigenvalue weighted by molar-refractivity contribution is -0.0644. The summed E-state index contributed by atoms with van der Waals surface area (Å²) in [4.78, 5) is 20.7. The molecule has 1 N–H and O–H groups in total. The third kappa shape index (κ3) is 4.80. The topological polar surface area (TPSA) is 84.8 Å². The molecule has 0 spiro atoms. The highest BCUT2D eigenvalue weighted by Crippen LogP contribution is 2.27. The molecule has 0 unspecified atom stereocenters. The van der Waals surface area contributed by atoms with Crippen LogP contribution >= 0.6 is 15.9 Å². The fraction of sp³-hybridized carbons (Fsp3) is 0.688. The van der Waals surface area contributed by atoms with Crippen molar-refractivity contribution in [3.05, 3.63) is 17.0 Å². The van der Waals surface area contributed by atoms with Gasteiger partial charge in [0.1, 0.15) is 10.7 Å². The Kier molecular flexibility index (Phi) is 5.89. The Balaban J connectivity index is 1.38. The number of rotatable bonds is 4. The van der Waals surface area contributed by atoms with Crippen LogP contribution in [0.2, 0.25) is 0 Å². The number of piperidine rings is 1. The largest absolute Gasteiger partial charge is 0.473 e. The van der Waals surface area contributed by atoms with Crippen LogP contribution in [0.15, 0.2) is 17.0 Å². The summed E-state index contributed by atoms with van der Waals surface area (Å²) < 4.78 is 12.7. The van der Waals surface area contributed by atoms with E-state index in [1.807, 2.05) is 0 Å². The number of ether oxygens (including phenoxy) is 2. The second-order valence-electron chi connectivity index (χ2n) is 6.30. The monoisotopic (exact) mass is 399 g/mol. The molecule has 0 atom stereocenters. The van der Waals surface area contributed by atoms with Gasteiger partial charge in [-0.25, -0.2) is 14.8 Å². The molecule has 3 rings (SSSR count). The standard InChI is InChI=1S/C16H22BrN3O4/c17-14-9-19-15(10-18-14)24-12-3-1-11(2-4-12)23-13-5-7-20(8-6-13)16(21)22/h9-13H,1-8H2,(H,21,22). The van der Waals surface area contributed by atoms with Gasteiger partial charge in [0.05, 0.1) is 24.6 Å². The fourth-order valence-corrected chi connectivity index (χ4v) is 3.48. The zero-order valence-electron chi connectivity index (χ0n) is 13.4. The quantitative estimate of drug-likeness (QED) is 0.836. The maximum atomic E-state index is 10.9. The third-order valence-electron chi connectivity index (χ3n) is 4.60. The van der Waals surface area contributed by atoms with Gasteiger partial charge >= 0.3 is 6.09 Å². The van der Waals surface area contributed by atoms with Crippen LogP contribution in [0.5, 0.6) is 5.88 Å². The summed E-state index contributed by atoms with van der Waals surface area (Å²) in [5.41, 5.74) is 0. The summed E-state index contributed by atoms with van der Waals surface area (Å²) in [6.45, 7) is 1.14. The number of carboxylic acid groups (broad SMARTS) is 1. The molecule has 0 radical (unpaired) electrons. The highest BCUT2D eigenvalue weighted by molar-refractivity contribution is 9.10. The van der Waals surface area contributed by atoms with Gasteiger partial charge in [-0.1, -0.05) is 0 Å². The highest BCUT2D eigenvalue weighted by atomic mass is 79.9. The molecule has 2 aliphatic rings. The summed E-state index contributed by atoms with van der Waals surface area (Å²) in [5.74, 6) is 0.559. The number of aromatic nitrogens is 2. The number of carbonyl (C=O) groups is 1. The van der Waals surface area contributed by atoms with Gasteiger partial charge in [-0.15, -0.1) is 0 Å². The summed E-state index contributed by atoms with van der Waals surface area (Å²) in [5, 5.41) is 8.97. The molecule has 1 saturated heterocycles. The minimum atomic E-state index is -0.831. The Hall–Kier alpha value is -1.41. The van der Waals surface area contributed by atoms with Crippen molar-refractivity contribution in [3.8, 4) is 5.88 Å². The van der Waals surface area contributed by atoms with Crippen LogP contribution in [0, 0.1) is 0 Å². The molecule has 24 heavy (non-hydrogen) atoms. The van der Waals surface area contributed by atoms with E-state index in [0.717, 1.165) is 38.5 Å². The van der Waals surface area contributed by atoms with Gasteiger partial charge < -0.3 is 19.5 Å². The van der Waals surface area contributed by atoms with E-state index in [2.05, 4.69) is 25.9 Å². The predicted molar refractivity (Wildman–Crippen MR) is 90.1 cm³/mol. The summed E-state index contributed by atoms with van der Waals surface area (Å²) >= 11 is 3.26. The molecule has 1 aromatic heterocycles. The maximum Gasteiger partial charge on any atom is 0.407 e. The van der Waals surface area contributed by atoms with E-state index >= 15 is 0 Å². The fourth-order valence-electron chi connectivity index (χ4n) is 3.27. The van der Waals surface area contributed by atoms with Crippen molar-refractivity contribution in [1.82, 2.24) is 14.9 Å². The molecular formula is C16H22BrN3O4. The molecule has 7 nitrogen and oxygen atoms in total. The van der Waals surface area contributed by atoms with E-state index in [0.29, 0.717) is 23.6 Å². The number of amides is 1. The number of nitrogens with zero attached hydrogens (tertiary/aromatic N) is 3. The van der Waals surface area contributed by atoms with Crippen LogP contribution in [0.3, 0.4) is 0 Å². The van der Waals surface area contributed by atoms with Crippen LogP contribution in [0.1, 0.15) is 38.5 Å². The maximum absolute atomic E-state index is 10.9. The molecule has 2 heterocycles. The van der Waals surface area contributed by atoms with Gasteiger partial charge in [0.2, 0.25) is 5.88 Å². The van der Waals surface area contributed by atoms with Crippen molar-refractivity contribution in [3.63, 3.8) is 0 Å². The van der Waals surface area contributed by atoms with Gasteiger partial charge in [0.25, 0.3) is 0 Å². The average Bonchev–Trinajstić information content (AvgIpc) is 2.59. The van der Waals surface area contributed by atoms with Crippen LogP contribution in [-0.2, 0) is 4.74 Å². The summed E-state index contributed by atoms with van der Waals surface area (Å²) in [6.07, 6.45) is 8.41. The Bertz CT molecular complexity index is 541. The minimum Gasteiger partial charge on any atom is -0.473 e. The molecule has 0 aromatic carbocycles. The molecule has 1 saturated carbocycles. The first kappa shape index (κ1) is 17.4. The average molecular weight is 400 g/mol. The van der Waals surface area contributed by atoms with E-state index in [1.54, 1.807) is 12.4 Å². The molecular weight excluding hydrogens is 378 g/mol. The van der Waals surface area contributed by atoms with Gasteiger partial charge in [-0.3, -0.25) is 0 Å². The number of hydrogen-bond acceptors (Lipinski definition) is 5. The van der Waals surface area contributed by atoms with Crippen LogP contribution in [0.25, 0.3) is 0 Å². The van der Waals surface area contributed by atoms with E-state index in [4.69, 9.17) is 14.6 Å². The first-order chi connectivity index (χ1) is 11.6. The molecule has 1 aromatic rings. The van der Waals surface area contributed by atoms with Crippen molar-refractivity contribution in [2.24, 2.45) is 0 Å². The second-order valence-corrected chi connectivity index (χ2v) is 7.11. The predicted octanol–water partition coefficient (Wildman–Crippen LogP) is 3.09. The highest BCUT2D eigenvalue weighted by Gasteiger charge is 2.28. The normalized spacial score (nSPS) is 25.5. The SMILES string of the molecule is O=C(O)N1CCC(OC2CCC(Oc3cnc(Br)cn3)CC2)CC1. The van der Waals surface area contributed by atoms with Crippen LogP contribution < -0.4 is 4.74 Å². The lowest BCUT2D eigenvalue weighted by Gasteiger charge is -2.35. The zero-order valence-corrected chi connectivity index (χ0v) is 15.0. The second kappa shape index (κ2) is 8.11. The Morgan fingerprint density at radius 1 is 1.04 bits per heavy atom. The van der Waals surface area contributed by atoms with Crippen molar-refractivity contribution < 1.29 is 19.4 Å². The van der Waals surface area contributed by atoms with E-state index in [9.17, 15) is 4.79 Å². The van der Waals surface area contributed by atoms with Crippen LogP contribution in [0.4, 0.5) is 4.79 Å². The molecule has 2 fully saturated rings. The van der Waals surface area contributed by atoms with E-state index in [-0.39, 0.29) is 18.3 Å². The summed E-state index contributed by atoms with van der Waals surface area (Å²) in [7, 11) is 0. The van der Waals surface area contributed by atoms with E-state index in [1.165, 1.54) is 4.90 Å². The van der Waals surface area contributed by atoms with Gasteiger partial charge in [-0.2, -0.15) is 0 Å².